The lowest BCUT2D eigenvalue weighted by Gasteiger charge is -2.25. The van der Waals surface area contributed by atoms with Gasteiger partial charge < -0.3 is 4.90 Å². The molecule has 1 saturated carbocycles. The third-order valence-electron chi connectivity index (χ3n) is 3.37. The normalized spacial score (nSPS) is 19.6. The second-order valence-corrected chi connectivity index (χ2v) is 6.05. The van der Waals surface area contributed by atoms with Crippen LogP contribution in [0.25, 0.3) is 0 Å². The molecule has 2 fully saturated rings. The Labute approximate surface area is 115 Å². The summed E-state index contributed by atoms with van der Waals surface area (Å²) in [7, 11) is 0. The van der Waals surface area contributed by atoms with Gasteiger partial charge in [0.25, 0.3) is 0 Å². The third kappa shape index (κ3) is 3.09. The summed E-state index contributed by atoms with van der Waals surface area (Å²) in [5.74, 6) is 0.429. The maximum atomic E-state index is 11.9. The van der Waals surface area contributed by atoms with Crippen LogP contribution in [-0.2, 0) is 9.59 Å². The molecule has 7 heteroatoms. The summed E-state index contributed by atoms with van der Waals surface area (Å²) in [4.78, 5) is 25.1. The Morgan fingerprint density at radius 3 is 2.95 bits per heavy atom. The van der Waals surface area contributed by atoms with Gasteiger partial charge in [0.1, 0.15) is 5.01 Å². The standard InChI is InChI=1S/C12H16N4O2S/c17-9(7-16-6-2-1-3-10(16)18)13-12-15-14-11(19-12)8-4-5-8/h8H,1-7H2,(H,13,15,17). The first kappa shape index (κ1) is 12.5. The van der Waals surface area contributed by atoms with Gasteiger partial charge >= 0.3 is 0 Å². The molecule has 0 aromatic carbocycles. The highest BCUT2D eigenvalue weighted by molar-refractivity contribution is 7.15. The predicted octanol–water partition coefficient (Wildman–Crippen LogP) is 1.37. The van der Waals surface area contributed by atoms with Gasteiger partial charge in [-0.3, -0.25) is 14.9 Å². The first-order chi connectivity index (χ1) is 9.22. The van der Waals surface area contributed by atoms with Crippen molar-refractivity contribution in [3.63, 3.8) is 0 Å². The van der Waals surface area contributed by atoms with Crippen molar-refractivity contribution in [2.45, 2.75) is 38.0 Å². The summed E-state index contributed by atoms with van der Waals surface area (Å²) in [6.07, 6.45) is 4.80. The smallest absolute Gasteiger partial charge is 0.245 e. The van der Waals surface area contributed by atoms with Crippen LogP contribution in [0.1, 0.15) is 43.0 Å². The third-order valence-corrected chi connectivity index (χ3v) is 4.37. The minimum Gasteiger partial charge on any atom is -0.333 e. The van der Waals surface area contributed by atoms with Gasteiger partial charge in [0.2, 0.25) is 16.9 Å². The molecule has 1 aliphatic heterocycles. The van der Waals surface area contributed by atoms with E-state index in [1.54, 1.807) is 4.90 Å². The second-order valence-electron chi connectivity index (χ2n) is 5.04. The molecule has 2 amide bonds. The van der Waals surface area contributed by atoms with Crippen molar-refractivity contribution in [3.8, 4) is 0 Å². The Bertz CT molecular complexity index is 498. The van der Waals surface area contributed by atoms with E-state index in [0.29, 0.717) is 24.0 Å². The molecule has 2 heterocycles. The Kier molecular flexibility index (Phi) is 3.46. The highest BCUT2D eigenvalue weighted by Gasteiger charge is 2.28. The van der Waals surface area contributed by atoms with E-state index in [4.69, 9.17) is 0 Å². The molecular formula is C12H16N4O2S. The highest BCUT2D eigenvalue weighted by atomic mass is 32.1. The van der Waals surface area contributed by atoms with Gasteiger partial charge in [-0.15, -0.1) is 10.2 Å². The van der Waals surface area contributed by atoms with Gasteiger partial charge in [0.05, 0.1) is 6.54 Å². The average Bonchev–Trinajstić information content (AvgIpc) is 3.14. The fourth-order valence-electron chi connectivity index (χ4n) is 2.14. The van der Waals surface area contributed by atoms with Crippen LogP contribution >= 0.6 is 11.3 Å². The van der Waals surface area contributed by atoms with E-state index in [0.717, 1.165) is 17.8 Å². The first-order valence-corrected chi connectivity index (χ1v) is 7.45. The molecule has 0 unspecified atom stereocenters. The van der Waals surface area contributed by atoms with E-state index < -0.39 is 0 Å². The van der Waals surface area contributed by atoms with Crippen molar-refractivity contribution in [3.05, 3.63) is 5.01 Å². The molecule has 0 spiro atoms. The molecule has 1 aliphatic carbocycles. The van der Waals surface area contributed by atoms with E-state index in [1.165, 1.54) is 24.2 Å². The number of piperidine rings is 1. The number of rotatable bonds is 4. The van der Waals surface area contributed by atoms with Gasteiger partial charge in [-0.25, -0.2) is 0 Å². The van der Waals surface area contributed by atoms with Crippen molar-refractivity contribution in [2.75, 3.05) is 18.4 Å². The molecule has 1 aromatic rings. The van der Waals surface area contributed by atoms with Crippen molar-refractivity contribution in [2.24, 2.45) is 0 Å². The highest BCUT2D eigenvalue weighted by Crippen LogP contribution is 2.41. The molecule has 0 atom stereocenters. The molecule has 1 aromatic heterocycles. The summed E-state index contributed by atoms with van der Waals surface area (Å²) in [5.41, 5.74) is 0. The van der Waals surface area contributed by atoms with Crippen LogP contribution in [0.15, 0.2) is 0 Å². The van der Waals surface area contributed by atoms with Crippen molar-refractivity contribution in [1.82, 2.24) is 15.1 Å². The fraction of sp³-hybridized carbons (Fsp3) is 0.667. The minimum absolute atomic E-state index is 0.0670. The molecule has 19 heavy (non-hydrogen) atoms. The van der Waals surface area contributed by atoms with Gasteiger partial charge in [0.15, 0.2) is 0 Å². The van der Waals surface area contributed by atoms with Crippen LogP contribution in [0.5, 0.6) is 0 Å². The summed E-state index contributed by atoms with van der Waals surface area (Å²) in [6, 6.07) is 0. The van der Waals surface area contributed by atoms with Crippen molar-refractivity contribution in [1.29, 1.82) is 0 Å². The number of amides is 2. The van der Waals surface area contributed by atoms with Crippen LogP contribution in [-0.4, -0.2) is 40.0 Å². The Balaban J connectivity index is 1.53. The topological polar surface area (TPSA) is 75.2 Å². The zero-order chi connectivity index (χ0) is 13.2. The van der Waals surface area contributed by atoms with Crippen molar-refractivity contribution < 1.29 is 9.59 Å². The molecule has 6 nitrogen and oxygen atoms in total. The number of nitrogens with zero attached hydrogens (tertiary/aromatic N) is 3. The minimum atomic E-state index is -0.186. The number of nitrogens with one attached hydrogen (secondary N) is 1. The van der Waals surface area contributed by atoms with E-state index in [-0.39, 0.29) is 18.4 Å². The van der Waals surface area contributed by atoms with Crippen molar-refractivity contribution >= 4 is 28.3 Å². The first-order valence-electron chi connectivity index (χ1n) is 6.63. The Hall–Kier alpha value is -1.50. The molecule has 3 rings (SSSR count). The Morgan fingerprint density at radius 1 is 1.37 bits per heavy atom. The van der Waals surface area contributed by atoms with Crippen LogP contribution < -0.4 is 5.32 Å². The van der Waals surface area contributed by atoms with E-state index >= 15 is 0 Å². The van der Waals surface area contributed by atoms with Gasteiger partial charge in [-0.2, -0.15) is 0 Å². The molecule has 0 radical (unpaired) electrons. The zero-order valence-electron chi connectivity index (χ0n) is 10.6. The monoisotopic (exact) mass is 280 g/mol. The fourth-order valence-corrected chi connectivity index (χ4v) is 3.07. The van der Waals surface area contributed by atoms with Crippen LogP contribution in [0.2, 0.25) is 0 Å². The summed E-state index contributed by atoms with van der Waals surface area (Å²) in [5, 5.41) is 12.3. The average molecular weight is 280 g/mol. The van der Waals surface area contributed by atoms with E-state index in [2.05, 4.69) is 15.5 Å². The van der Waals surface area contributed by atoms with Crippen LogP contribution in [0.4, 0.5) is 5.13 Å². The van der Waals surface area contributed by atoms with Gasteiger partial charge in [-0.05, 0) is 25.7 Å². The molecule has 0 bridgehead atoms. The molecule has 1 saturated heterocycles. The predicted molar refractivity (Wildman–Crippen MR) is 70.9 cm³/mol. The maximum absolute atomic E-state index is 11.9. The SMILES string of the molecule is O=C(CN1CCCCC1=O)Nc1nnc(C2CC2)s1. The summed E-state index contributed by atoms with van der Waals surface area (Å²) < 4.78 is 0. The lowest BCUT2D eigenvalue weighted by atomic mass is 10.1. The molecule has 102 valence electrons. The van der Waals surface area contributed by atoms with Crippen LogP contribution in [0.3, 0.4) is 0 Å². The number of carbonyl (C=O) groups excluding carboxylic acids is 2. The number of likely N-dealkylation sites (tertiary alicyclic amines) is 1. The summed E-state index contributed by atoms with van der Waals surface area (Å²) >= 11 is 1.44. The molecule has 1 N–H and O–H groups in total. The quantitative estimate of drug-likeness (QED) is 0.903. The second kappa shape index (κ2) is 5.24. The largest absolute Gasteiger partial charge is 0.333 e. The number of hydrogen-bond donors (Lipinski definition) is 1. The number of hydrogen-bond acceptors (Lipinski definition) is 5. The lowest BCUT2D eigenvalue weighted by Crippen LogP contribution is -2.40. The number of anilines is 1. The van der Waals surface area contributed by atoms with E-state index in [9.17, 15) is 9.59 Å². The molecule has 2 aliphatic rings. The van der Waals surface area contributed by atoms with Crippen LogP contribution in [0, 0.1) is 0 Å². The zero-order valence-corrected chi connectivity index (χ0v) is 11.4. The lowest BCUT2D eigenvalue weighted by molar-refractivity contribution is -0.136. The van der Waals surface area contributed by atoms with Gasteiger partial charge in [-0.1, -0.05) is 11.3 Å². The summed E-state index contributed by atoms with van der Waals surface area (Å²) in [6.45, 7) is 0.798. The maximum Gasteiger partial charge on any atom is 0.245 e. The number of carbonyl (C=O) groups is 2. The van der Waals surface area contributed by atoms with E-state index in [1.807, 2.05) is 0 Å². The Morgan fingerprint density at radius 2 is 2.21 bits per heavy atom. The molecular weight excluding hydrogens is 264 g/mol. The number of aromatic nitrogens is 2. The van der Waals surface area contributed by atoms with Gasteiger partial charge in [0, 0.05) is 18.9 Å².